The van der Waals surface area contributed by atoms with E-state index in [2.05, 4.69) is 15.6 Å². The molecule has 0 aromatic carbocycles. The fourth-order valence-electron chi connectivity index (χ4n) is 2.00. The average Bonchev–Trinajstić information content (AvgIpc) is 2.96. The van der Waals surface area contributed by atoms with E-state index in [0.29, 0.717) is 31.2 Å². The van der Waals surface area contributed by atoms with E-state index < -0.39 is 0 Å². The lowest BCUT2D eigenvalue weighted by molar-refractivity contribution is 0.0903. The number of carbonyl (C=O) groups excluding carboxylic acids is 1. The largest absolute Gasteiger partial charge is 0.378 e. The second-order valence-electron chi connectivity index (χ2n) is 4.49. The van der Waals surface area contributed by atoms with Crippen molar-refractivity contribution in [1.82, 2.24) is 20.3 Å². The number of aromatic nitrogens is 3. The van der Waals surface area contributed by atoms with Crippen LogP contribution in [0.25, 0.3) is 0 Å². The van der Waals surface area contributed by atoms with Crippen molar-refractivity contribution in [3.63, 3.8) is 0 Å². The SMILES string of the molecule is CC1OCCC1CNC(=O)c1cn(CCN)nn1. The molecule has 2 atom stereocenters. The summed E-state index contributed by atoms with van der Waals surface area (Å²) in [6.45, 7) is 4.45. The molecule has 0 radical (unpaired) electrons. The Bertz CT molecular complexity index is 406. The van der Waals surface area contributed by atoms with E-state index in [1.54, 1.807) is 10.9 Å². The van der Waals surface area contributed by atoms with Gasteiger partial charge in [0.15, 0.2) is 5.69 Å². The molecule has 0 spiro atoms. The van der Waals surface area contributed by atoms with Crippen molar-refractivity contribution in [3.05, 3.63) is 11.9 Å². The normalized spacial score (nSPS) is 23.2. The first-order valence-electron chi connectivity index (χ1n) is 6.20. The Balaban J connectivity index is 1.83. The van der Waals surface area contributed by atoms with Crippen LogP contribution in [-0.2, 0) is 11.3 Å². The van der Waals surface area contributed by atoms with Gasteiger partial charge in [0.1, 0.15) is 0 Å². The molecule has 0 aliphatic carbocycles. The van der Waals surface area contributed by atoms with Crippen LogP contribution in [-0.4, -0.2) is 46.7 Å². The predicted molar refractivity (Wildman–Crippen MR) is 64.9 cm³/mol. The summed E-state index contributed by atoms with van der Waals surface area (Å²) in [7, 11) is 0. The third-order valence-electron chi connectivity index (χ3n) is 3.19. The molecule has 100 valence electrons. The summed E-state index contributed by atoms with van der Waals surface area (Å²) >= 11 is 0. The van der Waals surface area contributed by atoms with Crippen molar-refractivity contribution in [2.24, 2.45) is 11.7 Å². The molecule has 2 rings (SSSR count). The van der Waals surface area contributed by atoms with Crippen LogP contribution in [0.4, 0.5) is 0 Å². The molecular formula is C11H19N5O2. The van der Waals surface area contributed by atoms with Crippen molar-refractivity contribution < 1.29 is 9.53 Å². The molecule has 18 heavy (non-hydrogen) atoms. The van der Waals surface area contributed by atoms with E-state index in [9.17, 15) is 4.79 Å². The second-order valence-corrected chi connectivity index (χ2v) is 4.49. The lowest BCUT2D eigenvalue weighted by Crippen LogP contribution is -2.32. The minimum Gasteiger partial charge on any atom is -0.378 e. The topological polar surface area (TPSA) is 95.1 Å². The number of hydrogen-bond acceptors (Lipinski definition) is 5. The molecule has 0 saturated carbocycles. The maximum Gasteiger partial charge on any atom is 0.273 e. The molecule has 1 aromatic heterocycles. The molecule has 3 N–H and O–H groups in total. The molecule has 7 nitrogen and oxygen atoms in total. The van der Waals surface area contributed by atoms with Gasteiger partial charge in [0.25, 0.3) is 5.91 Å². The van der Waals surface area contributed by atoms with Gasteiger partial charge in [0, 0.05) is 25.6 Å². The number of nitrogens with two attached hydrogens (primary N) is 1. The molecule has 2 unspecified atom stereocenters. The maximum atomic E-state index is 11.8. The number of hydrogen-bond donors (Lipinski definition) is 2. The number of nitrogens with zero attached hydrogens (tertiary/aromatic N) is 3. The first kappa shape index (κ1) is 13.0. The number of rotatable bonds is 5. The first-order valence-corrected chi connectivity index (χ1v) is 6.20. The number of ether oxygens (including phenoxy) is 1. The smallest absolute Gasteiger partial charge is 0.273 e. The molecule has 1 amide bonds. The van der Waals surface area contributed by atoms with Gasteiger partial charge < -0.3 is 15.8 Å². The van der Waals surface area contributed by atoms with Crippen molar-refractivity contribution >= 4 is 5.91 Å². The Kier molecular flexibility index (Phi) is 4.27. The van der Waals surface area contributed by atoms with Crippen LogP contribution in [0, 0.1) is 5.92 Å². The van der Waals surface area contributed by atoms with Crippen molar-refractivity contribution in [2.45, 2.75) is 26.0 Å². The Morgan fingerprint density at radius 1 is 1.72 bits per heavy atom. The summed E-state index contributed by atoms with van der Waals surface area (Å²) < 4.78 is 7.01. The van der Waals surface area contributed by atoms with Gasteiger partial charge in [-0.2, -0.15) is 0 Å². The number of carbonyl (C=O) groups is 1. The van der Waals surface area contributed by atoms with E-state index in [0.717, 1.165) is 13.0 Å². The van der Waals surface area contributed by atoms with Gasteiger partial charge in [-0.15, -0.1) is 5.10 Å². The van der Waals surface area contributed by atoms with Gasteiger partial charge in [0.2, 0.25) is 0 Å². The van der Waals surface area contributed by atoms with Crippen molar-refractivity contribution in [3.8, 4) is 0 Å². The zero-order valence-electron chi connectivity index (χ0n) is 10.5. The van der Waals surface area contributed by atoms with Crippen LogP contribution in [0.5, 0.6) is 0 Å². The molecule has 1 saturated heterocycles. The van der Waals surface area contributed by atoms with Crippen LogP contribution in [0.1, 0.15) is 23.8 Å². The Hall–Kier alpha value is -1.47. The standard InChI is InChI=1S/C11H19N5O2/c1-8-9(2-5-18-8)6-13-11(17)10-7-16(4-3-12)15-14-10/h7-9H,2-6,12H2,1H3,(H,13,17). The average molecular weight is 253 g/mol. The Morgan fingerprint density at radius 3 is 3.22 bits per heavy atom. The van der Waals surface area contributed by atoms with Gasteiger partial charge in [-0.3, -0.25) is 9.48 Å². The third-order valence-corrected chi connectivity index (χ3v) is 3.19. The van der Waals surface area contributed by atoms with Crippen molar-refractivity contribution in [2.75, 3.05) is 19.7 Å². The van der Waals surface area contributed by atoms with Crippen LogP contribution < -0.4 is 11.1 Å². The molecule has 7 heteroatoms. The monoisotopic (exact) mass is 253 g/mol. The molecule has 2 heterocycles. The van der Waals surface area contributed by atoms with Gasteiger partial charge in [-0.05, 0) is 13.3 Å². The van der Waals surface area contributed by atoms with E-state index in [-0.39, 0.29) is 12.0 Å². The van der Waals surface area contributed by atoms with Crippen molar-refractivity contribution in [1.29, 1.82) is 0 Å². The zero-order chi connectivity index (χ0) is 13.0. The quantitative estimate of drug-likeness (QED) is 0.730. The van der Waals surface area contributed by atoms with Crippen LogP contribution in [0.2, 0.25) is 0 Å². The predicted octanol–water partition coefficient (Wildman–Crippen LogP) is -0.608. The maximum absolute atomic E-state index is 11.8. The van der Waals surface area contributed by atoms with E-state index in [4.69, 9.17) is 10.5 Å². The fraction of sp³-hybridized carbons (Fsp3) is 0.727. The zero-order valence-corrected chi connectivity index (χ0v) is 10.5. The van der Waals surface area contributed by atoms with Gasteiger partial charge in [-0.25, -0.2) is 0 Å². The third kappa shape index (κ3) is 3.05. The summed E-state index contributed by atoms with van der Waals surface area (Å²) in [5, 5.41) is 10.5. The van der Waals surface area contributed by atoms with E-state index in [1.807, 2.05) is 6.92 Å². The molecule has 1 aliphatic heterocycles. The van der Waals surface area contributed by atoms with Crippen LogP contribution in [0.3, 0.4) is 0 Å². The highest BCUT2D eigenvalue weighted by Crippen LogP contribution is 2.19. The summed E-state index contributed by atoms with van der Waals surface area (Å²) in [6.07, 6.45) is 2.80. The lowest BCUT2D eigenvalue weighted by Gasteiger charge is -2.13. The summed E-state index contributed by atoms with van der Waals surface area (Å²) in [4.78, 5) is 11.8. The highest BCUT2D eigenvalue weighted by molar-refractivity contribution is 5.91. The summed E-state index contributed by atoms with van der Waals surface area (Å²) in [5.74, 6) is 0.186. The first-order chi connectivity index (χ1) is 8.70. The van der Waals surface area contributed by atoms with E-state index in [1.165, 1.54) is 0 Å². The molecular weight excluding hydrogens is 234 g/mol. The Labute approximate surface area is 106 Å². The van der Waals surface area contributed by atoms with E-state index >= 15 is 0 Å². The number of nitrogens with one attached hydrogen (secondary N) is 1. The Morgan fingerprint density at radius 2 is 2.56 bits per heavy atom. The highest BCUT2D eigenvalue weighted by Gasteiger charge is 2.24. The highest BCUT2D eigenvalue weighted by atomic mass is 16.5. The fourth-order valence-corrected chi connectivity index (χ4v) is 2.00. The summed E-state index contributed by atoms with van der Waals surface area (Å²) in [5.41, 5.74) is 5.73. The molecule has 0 bridgehead atoms. The molecule has 1 aromatic rings. The van der Waals surface area contributed by atoms with Gasteiger partial charge in [0.05, 0.1) is 18.8 Å². The van der Waals surface area contributed by atoms with Gasteiger partial charge >= 0.3 is 0 Å². The van der Waals surface area contributed by atoms with Crippen LogP contribution >= 0.6 is 0 Å². The lowest BCUT2D eigenvalue weighted by atomic mass is 10.0. The minimum atomic E-state index is -0.197. The van der Waals surface area contributed by atoms with Gasteiger partial charge in [-0.1, -0.05) is 5.21 Å². The molecule has 1 aliphatic rings. The molecule has 1 fully saturated rings. The second kappa shape index (κ2) is 5.92. The summed E-state index contributed by atoms with van der Waals surface area (Å²) in [6, 6.07) is 0. The number of amides is 1. The minimum absolute atomic E-state index is 0.197. The van der Waals surface area contributed by atoms with Crippen LogP contribution in [0.15, 0.2) is 6.20 Å².